The molecule has 1 saturated heterocycles. The lowest BCUT2D eigenvalue weighted by Gasteiger charge is -2.19. The summed E-state index contributed by atoms with van der Waals surface area (Å²) in [6.07, 6.45) is -1.16. The number of nitrogens with zero attached hydrogens (tertiary/aromatic N) is 2. The number of benzene rings is 2. The fraction of sp³-hybridized carbons (Fsp3) is 0.316. The van der Waals surface area contributed by atoms with Gasteiger partial charge in [-0.05, 0) is 23.8 Å². The zero-order valence-electron chi connectivity index (χ0n) is 13.8. The summed E-state index contributed by atoms with van der Waals surface area (Å²) in [4.78, 5) is 25.8. The molecule has 1 N–H and O–H groups in total. The normalized spacial score (nSPS) is 19.6. The van der Waals surface area contributed by atoms with E-state index in [1.807, 2.05) is 37.3 Å². The van der Waals surface area contributed by atoms with Crippen LogP contribution in [0.5, 0.6) is 0 Å². The molecule has 3 rings (SSSR count). The second-order valence-electron chi connectivity index (χ2n) is 6.24. The molecule has 0 aromatic heterocycles. The molecule has 5 nitrogen and oxygen atoms in total. The number of carbonyl (C=O) groups is 2. The van der Waals surface area contributed by atoms with Crippen LogP contribution in [0.2, 0.25) is 0 Å². The van der Waals surface area contributed by atoms with Crippen molar-refractivity contribution < 1.29 is 14.0 Å². The van der Waals surface area contributed by atoms with E-state index in [9.17, 15) is 14.0 Å². The second-order valence-corrected chi connectivity index (χ2v) is 6.24. The van der Waals surface area contributed by atoms with Crippen LogP contribution in [0.25, 0.3) is 10.8 Å². The van der Waals surface area contributed by atoms with E-state index in [0.717, 1.165) is 16.3 Å². The van der Waals surface area contributed by atoms with Crippen molar-refractivity contribution in [1.29, 1.82) is 5.26 Å². The molecule has 2 aromatic rings. The molecule has 1 fully saturated rings. The maximum absolute atomic E-state index is 13.4. The topological polar surface area (TPSA) is 73.2 Å². The van der Waals surface area contributed by atoms with Gasteiger partial charge in [-0.3, -0.25) is 9.59 Å². The largest absolute Gasteiger partial charge is 0.343 e. The van der Waals surface area contributed by atoms with E-state index in [1.165, 1.54) is 4.90 Å². The van der Waals surface area contributed by atoms with Gasteiger partial charge in [-0.2, -0.15) is 5.26 Å². The van der Waals surface area contributed by atoms with E-state index in [1.54, 1.807) is 12.1 Å². The Hall–Kier alpha value is -2.94. The summed E-state index contributed by atoms with van der Waals surface area (Å²) in [6.45, 7) is 1.62. The van der Waals surface area contributed by atoms with Gasteiger partial charge >= 0.3 is 0 Å². The van der Waals surface area contributed by atoms with Crippen LogP contribution >= 0.6 is 0 Å². The predicted molar refractivity (Wildman–Crippen MR) is 91.6 cm³/mol. The molecule has 0 saturated carbocycles. The van der Waals surface area contributed by atoms with Crippen molar-refractivity contribution in [1.82, 2.24) is 10.2 Å². The average molecular weight is 339 g/mol. The number of likely N-dealkylation sites (tertiary alicyclic amines) is 1. The summed E-state index contributed by atoms with van der Waals surface area (Å²) < 4.78 is 13.4. The van der Waals surface area contributed by atoms with Crippen LogP contribution in [0.15, 0.2) is 36.4 Å². The molecule has 6 heteroatoms. The smallest absolute Gasteiger partial charge is 0.252 e. The number of nitriles is 1. The number of hydrogen-bond acceptors (Lipinski definition) is 3. The van der Waals surface area contributed by atoms with E-state index in [4.69, 9.17) is 5.26 Å². The number of alkyl halides is 1. The summed E-state index contributed by atoms with van der Waals surface area (Å²) in [7, 11) is 0. The lowest BCUT2D eigenvalue weighted by molar-refractivity contribution is -0.130. The summed E-state index contributed by atoms with van der Waals surface area (Å²) in [6, 6.07) is 12.4. The quantitative estimate of drug-likeness (QED) is 0.933. The monoisotopic (exact) mass is 339 g/mol. The number of amides is 2. The molecule has 0 bridgehead atoms. The van der Waals surface area contributed by atoms with E-state index in [-0.39, 0.29) is 25.4 Å². The van der Waals surface area contributed by atoms with E-state index in [2.05, 4.69) is 5.32 Å². The van der Waals surface area contributed by atoms with Crippen molar-refractivity contribution in [2.45, 2.75) is 25.6 Å². The Kier molecular flexibility index (Phi) is 4.66. The third kappa shape index (κ3) is 3.45. The number of aryl methyl sites for hydroxylation is 1. The van der Waals surface area contributed by atoms with Crippen LogP contribution in [-0.4, -0.2) is 42.0 Å². The van der Waals surface area contributed by atoms with Crippen LogP contribution in [0.1, 0.15) is 22.3 Å². The van der Waals surface area contributed by atoms with Crippen molar-refractivity contribution in [3.8, 4) is 6.07 Å². The number of nitrogens with one attached hydrogen (secondary N) is 1. The van der Waals surface area contributed by atoms with Gasteiger partial charge < -0.3 is 10.2 Å². The molecule has 1 aliphatic heterocycles. The maximum atomic E-state index is 13.4. The van der Waals surface area contributed by atoms with Gasteiger partial charge in [-0.1, -0.05) is 35.9 Å². The standard InChI is InChI=1S/C19H18FN3O2/c1-12-5-6-16-13(7-12)3-2-4-17(16)19(25)22-10-18(24)23-11-14(20)8-15(23)9-21/h2-7,14-15H,8,10-11H2,1H3,(H,22,25)/t14?,15-/m0/s1. The second kappa shape index (κ2) is 6.89. The summed E-state index contributed by atoms with van der Waals surface area (Å²) in [5, 5.41) is 13.3. The SMILES string of the molecule is Cc1ccc2c(C(=O)NCC(=O)N3CC(F)C[C@H]3C#N)cccc2c1. The number of fused-ring (bicyclic) bond motifs is 1. The molecule has 0 radical (unpaired) electrons. The molecule has 1 aliphatic rings. The van der Waals surface area contributed by atoms with Gasteiger partial charge in [-0.15, -0.1) is 0 Å². The van der Waals surface area contributed by atoms with Gasteiger partial charge in [0.1, 0.15) is 12.2 Å². The lowest BCUT2D eigenvalue weighted by Crippen LogP contribution is -2.42. The van der Waals surface area contributed by atoms with Gasteiger partial charge in [-0.25, -0.2) is 4.39 Å². The highest BCUT2D eigenvalue weighted by atomic mass is 19.1. The fourth-order valence-corrected chi connectivity index (χ4v) is 3.14. The van der Waals surface area contributed by atoms with Crippen molar-refractivity contribution >= 4 is 22.6 Å². The molecule has 25 heavy (non-hydrogen) atoms. The van der Waals surface area contributed by atoms with Crippen LogP contribution < -0.4 is 5.32 Å². The van der Waals surface area contributed by atoms with Crippen molar-refractivity contribution in [3.05, 3.63) is 47.5 Å². The Morgan fingerprint density at radius 1 is 1.36 bits per heavy atom. The minimum atomic E-state index is -1.19. The molecule has 0 spiro atoms. The van der Waals surface area contributed by atoms with Gasteiger partial charge in [0.15, 0.2) is 0 Å². The van der Waals surface area contributed by atoms with Gasteiger partial charge in [0.2, 0.25) is 5.91 Å². The van der Waals surface area contributed by atoms with Crippen LogP contribution in [0, 0.1) is 18.3 Å². The van der Waals surface area contributed by atoms with Crippen LogP contribution in [0.4, 0.5) is 4.39 Å². The molecule has 2 amide bonds. The molecule has 128 valence electrons. The van der Waals surface area contributed by atoms with Gasteiger partial charge in [0.25, 0.3) is 5.91 Å². The zero-order chi connectivity index (χ0) is 18.0. The highest BCUT2D eigenvalue weighted by molar-refractivity contribution is 6.07. The molecule has 1 unspecified atom stereocenters. The highest BCUT2D eigenvalue weighted by Crippen LogP contribution is 2.21. The Bertz CT molecular complexity index is 875. The average Bonchev–Trinajstić information content (AvgIpc) is 2.99. The number of halogens is 1. The van der Waals surface area contributed by atoms with Crippen molar-refractivity contribution in [2.24, 2.45) is 0 Å². The van der Waals surface area contributed by atoms with E-state index >= 15 is 0 Å². The fourth-order valence-electron chi connectivity index (χ4n) is 3.14. The molecular weight excluding hydrogens is 321 g/mol. The van der Waals surface area contributed by atoms with Gasteiger partial charge in [0, 0.05) is 12.0 Å². The summed E-state index contributed by atoms with van der Waals surface area (Å²) in [5.41, 5.74) is 1.57. The highest BCUT2D eigenvalue weighted by Gasteiger charge is 2.35. The molecule has 2 atom stereocenters. The van der Waals surface area contributed by atoms with Crippen LogP contribution in [-0.2, 0) is 4.79 Å². The Balaban J connectivity index is 1.71. The van der Waals surface area contributed by atoms with Crippen molar-refractivity contribution in [2.75, 3.05) is 13.1 Å². The molecule has 1 heterocycles. The Morgan fingerprint density at radius 2 is 2.16 bits per heavy atom. The Labute approximate surface area is 145 Å². The number of carbonyl (C=O) groups excluding carboxylic acids is 2. The summed E-state index contributed by atoms with van der Waals surface area (Å²) in [5.74, 6) is -0.816. The third-order valence-electron chi connectivity index (χ3n) is 4.40. The lowest BCUT2D eigenvalue weighted by atomic mass is 10.0. The first kappa shape index (κ1) is 16.9. The van der Waals surface area contributed by atoms with Crippen LogP contribution in [0.3, 0.4) is 0 Å². The third-order valence-corrected chi connectivity index (χ3v) is 4.40. The minimum Gasteiger partial charge on any atom is -0.343 e. The predicted octanol–water partition coefficient (Wildman–Crippen LogP) is 2.34. The first-order valence-corrected chi connectivity index (χ1v) is 8.10. The Morgan fingerprint density at radius 3 is 2.92 bits per heavy atom. The zero-order valence-corrected chi connectivity index (χ0v) is 13.8. The van der Waals surface area contributed by atoms with Crippen molar-refractivity contribution in [3.63, 3.8) is 0 Å². The van der Waals surface area contributed by atoms with E-state index in [0.29, 0.717) is 5.56 Å². The molecule has 0 aliphatic carbocycles. The molecular formula is C19H18FN3O2. The first-order chi connectivity index (χ1) is 12.0. The molecule has 2 aromatic carbocycles. The number of rotatable bonds is 3. The summed E-state index contributed by atoms with van der Waals surface area (Å²) >= 11 is 0. The maximum Gasteiger partial charge on any atom is 0.252 e. The number of hydrogen-bond donors (Lipinski definition) is 1. The van der Waals surface area contributed by atoms with E-state index < -0.39 is 18.1 Å². The van der Waals surface area contributed by atoms with Gasteiger partial charge in [0.05, 0.1) is 19.2 Å². The minimum absolute atomic E-state index is 0.0266. The first-order valence-electron chi connectivity index (χ1n) is 8.10.